The molecule has 2 amide bonds. The molecule has 0 unspecified atom stereocenters. The van der Waals surface area contributed by atoms with Gasteiger partial charge in [-0.1, -0.05) is 60.7 Å². The van der Waals surface area contributed by atoms with Crippen molar-refractivity contribution >= 4 is 62.0 Å². The summed E-state index contributed by atoms with van der Waals surface area (Å²) in [6.45, 7) is 1.60. The van der Waals surface area contributed by atoms with Crippen LogP contribution in [0.2, 0.25) is 0 Å². The van der Waals surface area contributed by atoms with E-state index in [0.29, 0.717) is 42.1 Å². The Morgan fingerprint density at radius 3 is 2.15 bits per heavy atom. The third-order valence-corrected chi connectivity index (χ3v) is 11.3. The van der Waals surface area contributed by atoms with E-state index in [2.05, 4.69) is 25.6 Å². The molecule has 0 saturated carbocycles. The minimum atomic E-state index is -3.99. The third-order valence-electron chi connectivity index (χ3n) is 8.59. The van der Waals surface area contributed by atoms with Crippen molar-refractivity contribution in [3.05, 3.63) is 99.0 Å². The molecular formula is C32H35IN10O4S. The number of halogens is 1. The lowest BCUT2D eigenvalue weighted by molar-refractivity contribution is 0.0658. The van der Waals surface area contributed by atoms with Crippen LogP contribution in [0.4, 0.5) is 11.6 Å². The van der Waals surface area contributed by atoms with E-state index in [4.69, 9.17) is 11.5 Å². The Kier molecular flexibility index (Phi) is 9.39. The van der Waals surface area contributed by atoms with Gasteiger partial charge in [0.15, 0.2) is 28.3 Å². The molecule has 2 aromatic carbocycles. The standard InChI is InChI=1S/C32H35IN10O4S/c1-41-23(12-13-24(41)48(46,47)43(18-21-8-4-2-5-9-21)19-22-10-6-3-7-11-22)30(45)42-16-14-32(15-17-42)20-36-31(40-32)39-29(44)25-27(34)38-28(35)26(33)37-25/h2-13H,14-20H2,1H3,(H4,34,35,38)(H2,36,39,40,44). The molecule has 14 nitrogen and oxygen atoms in total. The number of aromatic nitrogens is 3. The van der Waals surface area contributed by atoms with Crippen LogP contribution in [0.1, 0.15) is 44.9 Å². The molecule has 0 bridgehead atoms. The molecule has 1 saturated heterocycles. The van der Waals surface area contributed by atoms with Gasteiger partial charge in [0.05, 0.1) is 12.1 Å². The molecular weight excluding hydrogens is 747 g/mol. The fourth-order valence-electron chi connectivity index (χ4n) is 5.89. The lowest BCUT2D eigenvalue weighted by Gasteiger charge is -2.39. The molecule has 0 atom stereocenters. The van der Waals surface area contributed by atoms with Crippen LogP contribution in [0.25, 0.3) is 0 Å². The largest absolute Gasteiger partial charge is 0.382 e. The Labute approximate surface area is 291 Å². The zero-order valence-electron chi connectivity index (χ0n) is 26.1. The number of nitrogens with two attached hydrogens (primary N) is 2. The van der Waals surface area contributed by atoms with Crippen molar-refractivity contribution in [1.29, 1.82) is 0 Å². The number of carbonyl (C=O) groups excluding carboxylic acids is 2. The average molecular weight is 783 g/mol. The number of nitrogens with one attached hydrogen (secondary N) is 2. The Bertz CT molecular complexity index is 1940. The maximum absolute atomic E-state index is 14.1. The molecule has 48 heavy (non-hydrogen) atoms. The smallest absolute Gasteiger partial charge is 0.280 e. The Hall–Kier alpha value is -4.55. The van der Waals surface area contributed by atoms with Crippen molar-refractivity contribution in [1.82, 2.24) is 34.4 Å². The van der Waals surface area contributed by atoms with Crippen molar-refractivity contribution in [3.63, 3.8) is 0 Å². The predicted molar refractivity (Wildman–Crippen MR) is 189 cm³/mol. The number of amides is 2. The van der Waals surface area contributed by atoms with Crippen LogP contribution in [0.3, 0.4) is 0 Å². The molecule has 6 rings (SSSR count). The lowest BCUT2D eigenvalue weighted by Crippen LogP contribution is -2.57. The number of sulfonamides is 1. The predicted octanol–water partition coefficient (Wildman–Crippen LogP) is 2.34. The van der Waals surface area contributed by atoms with Gasteiger partial charge < -0.3 is 26.3 Å². The van der Waals surface area contributed by atoms with E-state index >= 15 is 0 Å². The number of piperidine rings is 1. The molecule has 6 N–H and O–H groups in total. The second-order valence-electron chi connectivity index (χ2n) is 11.8. The van der Waals surface area contributed by atoms with Gasteiger partial charge in [0.1, 0.15) is 9.39 Å². The van der Waals surface area contributed by atoms with E-state index in [1.54, 1.807) is 18.0 Å². The quantitative estimate of drug-likeness (QED) is 0.194. The average Bonchev–Trinajstić information content (AvgIpc) is 3.66. The summed E-state index contributed by atoms with van der Waals surface area (Å²) in [6.07, 6.45) is 1.14. The molecule has 1 fully saturated rings. The zero-order valence-corrected chi connectivity index (χ0v) is 29.1. The van der Waals surface area contributed by atoms with Gasteiger partial charge in [-0.25, -0.2) is 18.4 Å². The molecule has 2 aliphatic rings. The normalized spacial score (nSPS) is 15.7. The van der Waals surface area contributed by atoms with Crippen LogP contribution in [-0.4, -0.2) is 75.1 Å². The topological polar surface area (TPSA) is 194 Å². The highest BCUT2D eigenvalue weighted by Gasteiger charge is 2.41. The number of nitrogens with zero attached hydrogens (tertiary/aromatic N) is 6. The fourth-order valence-corrected chi connectivity index (χ4v) is 7.84. The summed E-state index contributed by atoms with van der Waals surface area (Å²) in [6, 6.07) is 21.9. The molecule has 4 aromatic rings. The molecule has 4 heterocycles. The molecule has 1 spiro atoms. The van der Waals surface area contributed by atoms with E-state index in [0.717, 1.165) is 11.1 Å². The number of rotatable bonds is 8. The van der Waals surface area contributed by atoms with Gasteiger partial charge in [0, 0.05) is 33.2 Å². The second-order valence-corrected chi connectivity index (χ2v) is 14.7. The first-order valence-electron chi connectivity index (χ1n) is 15.2. The van der Waals surface area contributed by atoms with Crippen molar-refractivity contribution in [3.8, 4) is 0 Å². The molecule has 250 valence electrons. The second kappa shape index (κ2) is 13.5. The summed E-state index contributed by atoms with van der Waals surface area (Å²) in [5.41, 5.74) is 13.1. The number of aliphatic imine (C=N–C) groups is 1. The third kappa shape index (κ3) is 6.86. The van der Waals surface area contributed by atoms with Crippen LogP contribution in [-0.2, 0) is 30.2 Å². The Morgan fingerprint density at radius 2 is 1.54 bits per heavy atom. The molecule has 0 aliphatic carbocycles. The van der Waals surface area contributed by atoms with Crippen molar-refractivity contribution < 1.29 is 18.0 Å². The minimum absolute atomic E-state index is 0.0403. The highest BCUT2D eigenvalue weighted by Crippen LogP contribution is 2.28. The maximum Gasteiger partial charge on any atom is 0.280 e. The highest BCUT2D eigenvalue weighted by atomic mass is 127. The summed E-state index contributed by atoms with van der Waals surface area (Å²) in [7, 11) is -2.38. The molecule has 16 heteroatoms. The van der Waals surface area contributed by atoms with E-state index < -0.39 is 21.5 Å². The van der Waals surface area contributed by atoms with Crippen LogP contribution >= 0.6 is 22.6 Å². The first-order chi connectivity index (χ1) is 23.0. The minimum Gasteiger partial charge on any atom is -0.382 e. The van der Waals surface area contributed by atoms with Crippen LogP contribution < -0.4 is 22.1 Å². The number of hydrogen-bond donors (Lipinski definition) is 4. The highest BCUT2D eigenvalue weighted by molar-refractivity contribution is 14.1. The summed E-state index contributed by atoms with van der Waals surface area (Å²) in [5.74, 6) is -0.467. The first kappa shape index (κ1) is 33.4. The summed E-state index contributed by atoms with van der Waals surface area (Å²) in [5, 5.41) is 6.06. The number of benzene rings is 2. The number of hydrogen-bond acceptors (Lipinski definition) is 10. The monoisotopic (exact) mass is 782 g/mol. The Morgan fingerprint density at radius 1 is 0.938 bits per heavy atom. The van der Waals surface area contributed by atoms with Crippen LogP contribution in [0.15, 0.2) is 82.8 Å². The maximum atomic E-state index is 14.1. The number of guanidine groups is 1. The fraction of sp³-hybridized carbons (Fsp3) is 0.281. The van der Waals surface area contributed by atoms with E-state index in [1.165, 1.54) is 14.9 Å². The van der Waals surface area contributed by atoms with Crippen LogP contribution in [0.5, 0.6) is 0 Å². The van der Waals surface area contributed by atoms with E-state index in [-0.39, 0.29) is 47.0 Å². The van der Waals surface area contributed by atoms with Gasteiger partial charge in [-0.3, -0.25) is 19.9 Å². The number of carbonyl (C=O) groups is 2. The van der Waals surface area contributed by atoms with E-state index in [9.17, 15) is 18.0 Å². The lowest BCUT2D eigenvalue weighted by atomic mass is 9.88. The van der Waals surface area contributed by atoms with Gasteiger partial charge in [-0.05, 0) is 58.7 Å². The molecule has 2 aliphatic heterocycles. The first-order valence-corrected chi connectivity index (χ1v) is 17.7. The van der Waals surface area contributed by atoms with E-state index in [1.807, 2.05) is 83.3 Å². The number of anilines is 2. The van der Waals surface area contributed by atoms with Gasteiger partial charge in [-0.15, -0.1) is 0 Å². The van der Waals surface area contributed by atoms with Crippen molar-refractivity contribution in [2.45, 2.75) is 36.5 Å². The van der Waals surface area contributed by atoms with Gasteiger partial charge in [-0.2, -0.15) is 4.31 Å². The number of nitrogen functional groups attached to an aromatic ring is 2. The van der Waals surface area contributed by atoms with Crippen LogP contribution in [0, 0.1) is 3.70 Å². The molecule has 0 radical (unpaired) electrons. The summed E-state index contributed by atoms with van der Waals surface area (Å²) < 4.78 is 31.5. The summed E-state index contributed by atoms with van der Waals surface area (Å²) >= 11 is 1.88. The molecule has 2 aromatic heterocycles. The van der Waals surface area contributed by atoms with Gasteiger partial charge >= 0.3 is 0 Å². The van der Waals surface area contributed by atoms with Crippen molar-refractivity contribution in [2.75, 3.05) is 31.1 Å². The zero-order chi connectivity index (χ0) is 34.1. The Balaban J connectivity index is 1.11. The van der Waals surface area contributed by atoms with Gasteiger partial charge in [0.25, 0.3) is 21.8 Å². The SMILES string of the molecule is Cn1c(C(=O)N2CCC3(CC2)CN=C(NC(=O)c2nc(I)c(N)nc2N)N3)ccc1S(=O)(=O)N(Cc1ccccc1)Cc1ccccc1. The summed E-state index contributed by atoms with van der Waals surface area (Å²) in [4.78, 5) is 40.8. The van der Waals surface area contributed by atoms with Gasteiger partial charge in [0.2, 0.25) is 0 Å². The number of likely N-dealkylation sites (tertiary alicyclic amines) is 1. The van der Waals surface area contributed by atoms with Crippen molar-refractivity contribution in [2.24, 2.45) is 12.0 Å².